The van der Waals surface area contributed by atoms with Crippen LogP contribution in [0.3, 0.4) is 0 Å². The number of rotatable bonds is 4. The van der Waals surface area contributed by atoms with Gasteiger partial charge in [-0.25, -0.2) is 0 Å². The van der Waals surface area contributed by atoms with Crippen LogP contribution in [0, 0.1) is 0 Å². The third-order valence-corrected chi connectivity index (χ3v) is 3.88. The molecule has 1 saturated heterocycles. The third kappa shape index (κ3) is 3.50. The van der Waals surface area contributed by atoms with Crippen LogP contribution in [0.2, 0.25) is 0 Å². The molecule has 1 N–H and O–H groups in total. The maximum Gasteiger partial charge on any atom is 0.240 e. The van der Waals surface area contributed by atoms with E-state index in [1.54, 1.807) is 0 Å². The number of hydrogen-bond acceptors (Lipinski definition) is 2. The lowest BCUT2D eigenvalue weighted by molar-refractivity contribution is -0.136. The molecule has 1 heterocycles. The van der Waals surface area contributed by atoms with Gasteiger partial charge in [0.2, 0.25) is 5.91 Å². The van der Waals surface area contributed by atoms with Crippen molar-refractivity contribution in [2.24, 2.45) is 0 Å². The van der Waals surface area contributed by atoms with Crippen molar-refractivity contribution in [3.63, 3.8) is 0 Å². The Balaban J connectivity index is 1.66. The molecule has 0 spiro atoms. The highest BCUT2D eigenvalue weighted by Crippen LogP contribution is 2.12. The van der Waals surface area contributed by atoms with E-state index >= 15 is 0 Å². The molecule has 2 aromatic rings. The van der Waals surface area contributed by atoms with Crippen molar-refractivity contribution in [3.8, 4) is 0 Å². The van der Waals surface area contributed by atoms with E-state index in [9.17, 15) is 4.79 Å². The number of hydrogen-bond donors (Lipinski definition) is 1. The van der Waals surface area contributed by atoms with Crippen molar-refractivity contribution in [3.05, 3.63) is 71.8 Å². The van der Waals surface area contributed by atoms with E-state index in [2.05, 4.69) is 29.6 Å². The molecule has 1 aliphatic heterocycles. The standard InChI is InChI=1S/C18H20N2O/c21-18-17(13-15-7-3-1-4-8-15)19-11-12-20(18)14-16-9-5-2-6-10-16/h1-10,17,19H,11-14H2/t17-/m0/s1. The first-order valence-electron chi connectivity index (χ1n) is 7.43. The second-order valence-corrected chi connectivity index (χ2v) is 5.44. The minimum atomic E-state index is -0.107. The largest absolute Gasteiger partial charge is 0.336 e. The van der Waals surface area contributed by atoms with Crippen LogP contribution < -0.4 is 5.32 Å². The van der Waals surface area contributed by atoms with Crippen LogP contribution in [0.25, 0.3) is 0 Å². The summed E-state index contributed by atoms with van der Waals surface area (Å²) in [5, 5.41) is 3.34. The van der Waals surface area contributed by atoms with Crippen molar-refractivity contribution in [1.82, 2.24) is 10.2 Å². The average molecular weight is 280 g/mol. The second-order valence-electron chi connectivity index (χ2n) is 5.44. The van der Waals surface area contributed by atoms with E-state index in [4.69, 9.17) is 0 Å². The van der Waals surface area contributed by atoms with E-state index in [0.29, 0.717) is 6.54 Å². The summed E-state index contributed by atoms with van der Waals surface area (Å²) in [6.07, 6.45) is 0.755. The quantitative estimate of drug-likeness (QED) is 0.931. The van der Waals surface area contributed by atoms with Crippen molar-refractivity contribution in [2.45, 2.75) is 19.0 Å². The van der Waals surface area contributed by atoms with Crippen LogP contribution >= 0.6 is 0 Å². The summed E-state index contributed by atoms with van der Waals surface area (Å²) in [7, 11) is 0. The fourth-order valence-electron chi connectivity index (χ4n) is 2.76. The second kappa shape index (κ2) is 6.55. The molecule has 1 fully saturated rings. The van der Waals surface area contributed by atoms with Crippen molar-refractivity contribution in [2.75, 3.05) is 13.1 Å². The van der Waals surface area contributed by atoms with Crippen LogP contribution in [0.5, 0.6) is 0 Å². The van der Waals surface area contributed by atoms with Crippen molar-refractivity contribution in [1.29, 1.82) is 0 Å². The van der Waals surface area contributed by atoms with Gasteiger partial charge in [0.15, 0.2) is 0 Å². The zero-order valence-electron chi connectivity index (χ0n) is 12.0. The van der Waals surface area contributed by atoms with Crippen LogP contribution in [0.1, 0.15) is 11.1 Å². The molecule has 3 rings (SSSR count). The Morgan fingerprint density at radius 3 is 2.24 bits per heavy atom. The summed E-state index contributed by atoms with van der Waals surface area (Å²) in [5.74, 6) is 0.203. The Kier molecular flexibility index (Phi) is 4.31. The fraction of sp³-hybridized carbons (Fsp3) is 0.278. The van der Waals surface area contributed by atoms with E-state index in [0.717, 1.165) is 19.5 Å². The van der Waals surface area contributed by atoms with Gasteiger partial charge in [-0.2, -0.15) is 0 Å². The minimum absolute atomic E-state index is 0.107. The van der Waals surface area contributed by atoms with Gasteiger partial charge in [0, 0.05) is 19.6 Å². The van der Waals surface area contributed by atoms with Gasteiger partial charge in [0.1, 0.15) is 0 Å². The Labute approximate surface area is 125 Å². The highest BCUT2D eigenvalue weighted by atomic mass is 16.2. The van der Waals surface area contributed by atoms with Gasteiger partial charge in [-0.3, -0.25) is 4.79 Å². The van der Waals surface area contributed by atoms with E-state index in [-0.39, 0.29) is 11.9 Å². The highest BCUT2D eigenvalue weighted by molar-refractivity contribution is 5.83. The minimum Gasteiger partial charge on any atom is -0.336 e. The van der Waals surface area contributed by atoms with Gasteiger partial charge in [0.05, 0.1) is 6.04 Å². The van der Waals surface area contributed by atoms with Crippen LogP contribution in [0.15, 0.2) is 60.7 Å². The van der Waals surface area contributed by atoms with Crippen LogP contribution in [-0.2, 0) is 17.8 Å². The van der Waals surface area contributed by atoms with E-state index < -0.39 is 0 Å². The summed E-state index contributed by atoms with van der Waals surface area (Å²) in [4.78, 5) is 14.6. The lowest BCUT2D eigenvalue weighted by atomic mass is 10.0. The molecule has 0 saturated carbocycles. The zero-order chi connectivity index (χ0) is 14.5. The summed E-state index contributed by atoms with van der Waals surface area (Å²) in [6, 6.07) is 20.3. The molecule has 2 aromatic carbocycles. The molecule has 0 radical (unpaired) electrons. The molecule has 0 aliphatic carbocycles. The first-order chi connectivity index (χ1) is 10.3. The smallest absolute Gasteiger partial charge is 0.240 e. The average Bonchev–Trinajstić information content (AvgIpc) is 2.53. The van der Waals surface area contributed by atoms with Gasteiger partial charge in [0.25, 0.3) is 0 Å². The molecule has 0 bridgehead atoms. The summed E-state index contributed by atoms with van der Waals surface area (Å²) < 4.78 is 0. The number of nitrogens with one attached hydrogen (secondary N) is 1. The number of carbonyl (C=O) groups is 1. The molecular formula is C18H20N2O. The number of nitrogens with zero attached hydrogens (tertiary/aromatic N) is 1. The summed E-state index contributed by atoms with van der Waals surface area (Å²) >= 11 is 0. The monoisotopic (exact) mass is 280 g/mol. The Morgan fingerprint density at radius 1 is 0.952 bits per heavy atom. The lowest BCUT2D eigenvalue weighted by Crippen LogP contribution is -2.55. The number of amides is 1. The van der Waals surface area contributed by atoms with Crippen molar-refractivity contribution < 1.29 is 4.79 Å². The molecule has 1 amide bonds. The molecule has 0 aromatic heterocycles. The first kappa shape index (κ1) is 13.8. The fourth-order valence-corrected chi connectivity index (χ4v) is 2.76. The normalized spacial score (nSPS) is 18.8. The SMILES string of the molecule is O=C1[C@H](Cc2ccccc2)NCCN1Cc1ccccc1. The van der Waals surface area contributed by atoms with E-state index in [1.807, 2.05) is 41.3 Å². The molecule has 3 heteroatoms. The zero-order valence-corrected chi connectivity index (χ0v) is 12.0. The molecule has 1 aliphatic rings. The Morgan fingerprint density at radius 2 is 1.57 bits per heavy atom. The maximum atomic E-state index is 12.6. The third-order valence-electron chi connectivity index (χ3n) is 3.88. The van der Waals surface area contributed by atoms with E-state index in [1.165, 1.54) is 11.1 Å². The highest BCUT2D eigenvalue weighted by Gasteiger charge is 2.28. The lowest BCUT2D eigenvalue weighted by Gasteiger charge is -2.33. The van der Waals surface area contributed by atoms with Crippen LogP contribution in [0.4, 0.5) is 0 Å². The van der Waals surface area contributed by atoms with Crippen LogP contribution in [-0.4, -0.2) is 29.9 Å². The number of benzene rings is 2. The Hall–Kier alpha value is -2.13. The first-order valence-corrected chi connectivity index (χ1v) is 7.43. The predicted molar refractivity (Wildman–Crippen MR) is 83.8 cm³/mol. The van der Waals surface area contributed by atoms with Gasteiger partial charge in [-0.05, 0) is 17.5 Å². The van der Waals surface area contributed by atoms with Gasteiger partial charge >= 0.3 is 0 Å². The van der Waals surface area contributed by atoms with Crippen molar-refractivity contribution >= 4 is 5.91 Å². The molecule has 3 nitrogen and oxygen atoms in total. The maximum absolute atomic E-state index is 12.6. The van der Waals surface area contributed by atoms with Gasteiger partial charge in [-0.1, -0.05) is 60.7 Å². The topological polar surface area (TPSA) is 32.3 Å². The summed E-state index contributed by atoms with van der Waals surface area (Å²) in [6.45, 7) is 2.34. The molecular weight excluding hydrogens is 260 g/mol. The molecule has 0 unspecified atom stereocenters. The molecule has 21 heavy (non-hydrogen) atoms. The molecule has 1 atom stereocenters. The van der Waals surface area contributed by atoms with Gasteiger partial charge in [-0.15, -0.1) is 0 Å². The van der Waals surface area contributed by atoms with Gasteiger partial charge < -0.3 is 10.2 Å². The summed E-state index contributed by atoms with van der Waals surface area (Å²) in [5.41, 5.74) is 2.39. The number of carbonyl (C=O) groups excluding carboxylic acids is 1. The number of piperazine rings is 1. The molecule has 108 valence electrons. The predicted octanol–water partition coefficient (Wildman–Crippen LogP) is 2.23. The Bertz CT molecular complexity index is 531.